The van der Waals surface area contributed by atoms with Gasteiger partial charge in [-0.2, -0.15) is 0 Å². The number of aromatic nitrogens is 1. The number of nitrogens with zero attached hydrogens (tertiary/aromatic N) is 1. The van der Waals surface area contributed by atoms with Gasteiger partial charge in [0.15, 0.2) is 0 Å². The molecular weight excluding hydrogens is 557 g/mol. The summed E-state index contributed by atoms with van der Waals surface area (Å²) in [4.78, 5) is 5.98. The summed E-state index contributed by atoms with van der Waals surface area (Å²) in [6.45, 7) is 8.36. The molecule has 0 N–H and O–H groups in total. The minimum Gasteiger partial charge on any atom is -0.399 e. The summed E-state index contributed by atoms with van der Waals surface area (Å²) in [7, 11) is -0.381. The molecule has 5 aromatic carbocycles. The average molecular weight is 590 g/mol. The van der Waals surface area contributed by atoms with Gasteiger partial charge in [-0.3, -0.25) is 0 Å². The van der Waals surface area contributed by atoms with Gasteiger partial charge in [0.05, 0.1) is 11.2 Å². The summed E-state index contributed by atoms with van der Waals surface area (Å²) < 4.78 is 12.6. The highest BCUT2D eigenvalue weighted by molar-refractivity contribution is 7.99. The average Bonchev–Trinajstić information content (AvgIpc) is 3.27. The predicted octanol–water partition coefficient (Wildman–Crippen LogP) is 9.67. The Morgan fingerprint density at radius 3 is 2.02 bits per heavy atom. The van der Waals surface area contributed by atoms with E-state index in [0.29, 0.717) is 0 Å². The van der Waals surface area contributed by atoms with Gasteiger partial charge in [-0.1, -0.05) is 109 Å². The van der Waals surface area contributed by atoms with Gasteiger partial charge in [0.1, 0.15) is 5.03 Å². The van der Waals surface area contributed by atoms with Crippen LogP contribution in [0.25, 0.3) is 55.3 Å². The van der Waals surface area contributed by atoms with E-state index < -0.39 is 0 Å². The molecule has 0 unspecified atom stereocenters. The van der Waals surface area contributed by atoms with Gasteiger partial charge in [0.25, 0.3) is 0 Å². The second-order valence-corrected chi connectivity index (χ2v) is 13.7. The molecule has 0 atom stereocenters. The van der Waals surface area contributed by atoms with Crippen molar-refractivity contribution in [1.29, 1.82) is 0 Å². The van der Waals surface area contributed by atoms with Crippen LogP contribution in [0.15, 0.2) is 131 Å². The number of fused-ring (bicyclic) bond motifs is 2. The quantitative estimate of drug-likeness (QED) is 0.191. The van der Waals surface area contributed by atoms with Crippen LogP contribution in [-0.2, 0) is 9.31 Å². The van der Waals surface area contributed by atoms with E-state index in [1.165, 1.54) is 49.0 Å². The van der Waals surface area contributed by atoms with Crippen molar-refractivity contribution in [3.05, 3.63) is 121 Å². The third kappa shape index (κ3) is 4.50. The van der Waals surface area contributed by atoms with Crippen LogP contribution in [0.5, 0.6) is 0 Å². The lowest BCUT2D eigenvalue weighted by Gasteiger charge is -2.32. The minimum atomic E-state index is -0.381. The molecule has 3 heterocycles. The van der Waals surface area contributed by atoms with Crippen LogP contribution in [0.2, 0.25) is 0 Å². The summed E-state index contributed by atoms with van der Waals surface area (Å²) >= 11 is 1.76. The second kappa shape index (κ2) is 10.2. The molecule has 214 valence electrons. The maximum Gasteiger partial charge on any atom is 0.494 e. The monoisotopic (exact) mass is 589 g/mol. The van der Waals surface area contributed by atoms with Crippen LogP contribution in [0.4, 0.5) is 0 Å². The molecule has 1 saturated heterocycles. The minimum absolute atomic E-state index is 0.369. The van der Waals surface area contributed by atoms with Gasteiger partial charge >= 0.3 is 7.12 Å². The molecular formula is C39H32BNO2S. The van der Waals surface area contributed by atoms with Crippen LogP contribution in [-0.4, -0.2) is 23.3 Å². The molecule has 1 fully saturated rings. The molecule has 0 amide bonds. The fourth-order valence-electron chi connectivity index (χ4n) is 6.28. The van der Waals surface area contributed by atoms with Gasteiger partial charge in [-0.15, -0.1) is 0 Å². The Morgan fingerprint density at radius 1 is 0.591 bits per heavy atom. The summed E-state index contributed by atoms with van der Waals surface area (Å²) in [6.07, 6.45) is 1.89. The molecule has 0 saturated carbocycles. The van der Waals surface area contributed by atoms with Crippen molar-refractivity contribution in [2.24, 2.45) is 0 Å². The van der Waals surface area contributed by atoms with Gasteiger partial charge in [0.2, 0.25) is 0 Å². The lowest BCUT2D eigenvalue weighted by Crippen LogP contribution is -2.41. The van der Waals surface area contributed by atoms with E-state index in [9.17, 15) is 0 Å². The van der Waals surface area contributed by atoms with Gasteiger partial charge < -0.3 is 9.31 Å². The number of rotatable bonds is 4. The molecule has 44 heavy (non-hydrogen) atoms. The number of hydrogen-bond donors (Lipinski definition) is 0. The molecule has 0 aliphatic carbocycles. The molecule has 0 radical (unpaired) electrons. The number of pyridine rings is 1. The van der Waals surface area contributed by atoms with Crippen molar-refractivity contribution in [3.8, 4) is 44.5 Å². The Morgan fingerprint density at radius 2 is 1.25 bits per heavy atom. The third-order valence-electron chi connectivity index (χ3n) is 9.39. The zero-order valence-electron chi connectivity index (χ0n) is 25.3. The fourth-order valence-corrected chi connectivity index (χ4v) is 7.35. The largest absolute Gasteiger partial charge is 0.494 e. The predicted molar refractivity (Wildman–Crippen MR) is 183 cm³/mol. The highest BCUT2D eigenvalue weighted by Gasteiger charge is 2.51. The van der Waals surface area contributed by atoms with E-state index in [0.717, 1.165) is 21.6 Å². The summed E-state index contributed by atoms with van der Waals surface area (Å²) in [6, 6.07) is 41.5. The van der Waals surface area contributed by atoms with Crippen molar-refractivity contribution in [3.63, 3.8) is 0 Å². The van der Waals surface area contributed by atoms with Crippen molar-refractivity contribution in [2.45, 2.75) is 48.8 Å². The molecule has 0 bridgehead atoms. The maximum atomic E-state index is 6.32. The molecule has 5 heteroatoms. The Kier molecular flexibility index (Phi) is 6.35. The SMILES string of the molecule is CC1(C)OB(c2cccc(-c3cccc(-c4ccc(-c5ccc6cccc7c6c5-c5cccnc5S7)cc4)c3)c2)OC1(C)C. The van der Waals surface area contributed by atoms with Crippen molar-refractivity contribution in [1.82, 2.24) is 4.98 Å². The highest BCUT2D eigenvalue weighted by atomic mass is 32.2. The first kappa shape index (κ1) is 27.4. The van der Waals surface area contributed by atoms with Crippen molar-refractivity contribution >= 4 is 35.1 Å². The first-order valence-electron chi connectivity index (χ1n) is 15.1. The summed E-state index contributed by atoms with van der Waals surface area (Å²) in [5.74, 6) is 0. The second-order valence-electron chi connectivity index (χ2n) is 12.7. The molecule has 1 aromatic heterocycles. The van der Waals surface area contributed by atoms with Crippen LogP contribution in [0.1, 0.15) is 27.7 Å². The van der Waals surface area contributed by atoms with E-state index >= 15 is 0 Å². The number of benzene rings is 5. The fraction of sp³-hybridized carbons (Fsp3) is 0.154. The van der Waals surface area contributed by atoms with Crippen LogP contribution < -0.4 is 5.46 Å². The lowest BCUT2D eigenvalue weighted by atomic mass is 9.78. The standard InChI is InChI=1S/C39H32BNO2S/c1-38(2)39(3,4)43-40(42-38)31-13-6-12-30(24-31)29-11-5-10-28(23-29)25-16-18-26(19-17-25)32-21-20-27-9-7-15-34-35(27)36(32)33-14-8-22-41-37(33)44-34/h5-24H,1-4H3. The lowest BCUT2D eigenvalue weighted by molar-refractivity contribution is 0.00578. The molecule has 8 rings (SSSR count). The summed E-state index contributed by atoms with van der Waals surface area (Å²) in [5.41, 5.74) is 9.89. The molecule has 2 aliphatic rings. The van der Waals surface area contributed by atoms with E-state index in [1.807, 2.05) is 12.3 Å². The molecule has 6 aromatic rings. The Balaban J connectivity index is 1.13. The van der Waals surface area contributed by atoms with E-state index in [-0.39, 0.29) is 18.3 Å². The summed E-state index contributed by atoms with van der Waals surface area (Å²) in [5, 5.41) is 3.64. The molecule has 0 spiro atoms. The van der Waals surface area contributed by atoms with Gasteiger partial charge in [-0.05, 0) is 90.1 Å². The van der Waals surface area contributed by atoms with Crippen molar-refractivity contribution in [2.75, 3.05) is 0 Å². The Labute approximate surface area is 263 Å². The van der Waals surface area contributed by atoms with Gasteiger partial charge in [0, 0.05) is 27.6 Å². The van der Waals surface area contributed by atoms with E-state index in [2.05, 4.69) is 137 Å². The Hall–Kier alpha value is -4.16. The van der Waals surface area contributed by atoms with Gasteiger partial charge in [-0.25, -0.2) is 4.98 Å². The zero-order valence-corrected chi connectivity index (χ0v) is 26.1. The maximum absolute atomic E-state index is 6.32. The van der Waals surface area contributed by atoms with Crippen molar-refractivity contribution < 1.29 is 9.31 Å². The smallest absolute Gasteiger partial charge is 0.399 e. The normalized spacial score (nSPS) is 16.2. The third-order valence-corrected chi connectivity index (χ3v) is 10.5. The van der Waals surface area contributed by atoms with Crippen LogP contribution >= 0.6 is 11.8 Å². The number of hydrogen-bond acceptors (Lipinski definition) is 4. The first-order chi connectivity index (χ1) is 21.3. The zero-order chi connectivity index (χ0) is 30.1. The van der Waals surface area contributed by atoms with E-state index in [4.69, 9.17) is 14.3 Å². The topological polar surface area (TPSA) is 31.4 Å². The van der Waals surface area contributed by atoms with Crippen LogP contribution in [0.3, 0.4) is 0 Å². The van der Waals surface area contributed by atoms with E-state index in [1.54, 1.807) is 11.8 Å². The Bertz CT molecular complexity index is 2050. The molecule has 2 aliphatic heterocycles. The molecule has 3 nitrogen and oxygen atoms in total. The highest BCUT2D eigenvalue weighted by Crippen LogP contribution is 2.50. The first-order valence-corrected chi connectivity index (χ1v) is 15.9. The van der Waals surface area contributed by atoms with Crippen LogP contribution in [0, 0.1) is 0 Å².